The lowest BCUT2D eigenvalue weighted by molar-refractivity contribution is 0.242. The molecule has 0 aliphatic carbocycles. The van der Waals surface area contributed by atoms with Crippen LogP contribution in [0.25, 0.3) is 0 Å². The van der Waals surface area contributed by atoms with Gasteiger partial charge in [0.15, 0.2) is 0 Å². The van der Waals surface area contributed by atoms with Crippen LogP contribution in [-0.2, 0) is 0 Å². The fraction of sp³-hybridized carbons (Fsp3) is 0.188. The zero-order chi connectivity index (χ0) is 14.5. The van der Waals surface area contributed by atoms with Crippen LogP contribution < -0.4 is 10.1 Å². The van der Waals surface area contributed by atoms with Gasteiger partial charge in [-0.25, -0.2) is 0 Å². The van der Waals surface area contributed by atoms with Crippen LogP contribution in [0, 0.1) is 11.3 Å². The van der Waals surface area contributed by atoms with E-state index in [2.05, 4.69) is 27.3 Å². The van der Waals surface area contributed by atoms with Gasteiger partial charge in [0.1, 0.15) is 11.8 Å². The average molecular weight is 331 g/mol. The van der Waals surface area contributed by atoms with E-state index in [0.29, 0.717) is 5.56 Å². The molecule has 0 aromatic heterocycles. The van der Waals surface area contributed by atoms with E-state index in [4.69, 9.17) is 10.00 Å². The lowest BCUT2D eigenvalue weighted by Crippen LogP contribution is -2.05. The Labute approximate surface area is 127 Å². The van der Waals surface area contributed by atoms with Crippen LogP contribution in [0.15, 0.2) is 46.9 Å². The van der Waals surface area contributed by atoms with Gasteiger partial charge in [0.25, 0.3) is 0 Å². The van der Waals surface area contributed by atoms with Gasteiger partial charge >= 0.3 is 0 Å². The van der Waals surface area contributed by atoms with Gasteiger partial charge in [0.05, 0.1) is 11.7 Å². The first kappa shape index (κ1) is 14.4. The summed E-state index contributed by atoms with van der Waals surface area (Å²) in [6.07, 6.45) is 0.170. The molecule has 0 aliphatic heterocycles. The van der Waals surface area contributed by atoms with E-state index in [9.17, 15) is 0 Å². The fourth-order valence-electron chi connectivity index (χ4n) is 1.74. The first-order chi connectivity index (χ1) is 9.58. The standard InChI is InChI=1S/C16H15BrN2O/c1-11(2)20-15-7-5-13(6-8-15)19-14-4-3-12(10-18)16(17)9-14/h3-9,11,19H,1-2H3. The number of nitriles is 1. The van der Waals surface area contributed by atoms with Crippen LogP contribution in [0.5, 0.6) is 5.75 Å². The van der Waals surface area contributed by atoms with Gasteiger partial charge in [0, 0.05) is 15.8 Å². The number of nitrogens with zero attached hydrogens (tertiary/aromatic N) is 1. The molecule has 102 valence electrons. The van der Waals surface area contributed by atoms with Crippen LogP contribution in [0.1, 0.15) is 19.4 Å². The van der Waals surface area contributed by atoms with E-state index in [1.807, 2.05) is 50.2 Å². The van der Waals surface area contributed by atoms with Crippen LogP contribution >= 0.6 is 15.9 Å². The normalized spacial score (nSPS) is 10.2. The van der Waals surface area contributed by atoms with Gasteiger partial charge in [-0.05, 0) is 72.2 Å². The first-order valence-corrected chi connectivity index (χ1v) is 7.11. The summed E-state index contributed by atoms with van der Waals surface area (Å²) in [5.74, 6) is 0.853. The summed E-state index contributed by atoms with van der Waals surface area (Å²) in [5, 5.41) is 12.2. The van der Waals surface area contributed by atoms with Crippen molar-refractivity contribution in [1.29, 1.82) is 5.26 Å². The Morgan fingerprint density at radius 2 is 1.75 bits per heavy atom. The fourth-order valence-corrected chi connectivity index (χ4v) is 2.21. The van der Waals surface area contributed by atoms with Crippen molar-refractivity contribution in [3.63, 3.8) is 0 Å². The molecule has 0 bridgehead atoms. The van der Waals surface area contributed by atoms with Gasteiger partial charge in [0.2, 0.25) is 0 Å². The summed E-state index contributed by atoms with van der Waals surface area (Å²) in [5.41, 5.74) is 2.52. The van der Waals surface area contributed by atoms with E-state index in [1.165, 1.54) is 0 Å². The minimum atomic E-state index is 0.170. The summed E-state index contributed by atoms with van der Waals surface area (Å²) in [4.78, 5) is 0. The Bertz CT molecular complexity index is 630. The summed E-state index contributed by atoms with van der Waals surface area (Å²) < 4.78 is 6.38. The maximum Gasteiger partial charge on any atom is 0.119 e. The second-order valence-electron chi connectivity index (χ2n) is 4.62. The van der Waals surface area contributed by atoms with Crippen LogP contribution in [0.2, 0.25) is 0 Å². The predicted octanol–water partition coefficient (Wildman–Crippen LogP) is 4.85. The van der Waals surface area contributed by atoms with E-state index >= 15 is 0 Å². The third-order valence-electron chi connectivity index (χ3n) is 2.60. The van der Waals surface area contributed by atoms with Crippen LogP contribution in [0.4, 0.5) is 11.4 Å². The molecule has 20 heavy (non-hydrogen) atoms. The molecular weight excluding hydrogens is 316 g/mol. The van der Waals surface area contributed by atoms with E-state index in [-0.39, 0.29) is 6.10 Å². The molecule has 0 radical (unpaired) electrons. The van der Waals surface area contributed by atoms with Crippen LogP contribution in [-0.4, -0.2) is 6.10 Å². The zero-order valence-corrected chi connectivity index (χ0v) is 12.9. The number of anilines is 2. The molecule has 2 aromatic rings. The topological polar surface area (TPSA) is 45.0 Å². The number of rotatable bonds is 4. The summed E-state index contributed by atoms with van der Waals surface area (Å²) in [6.45, 7) is 4.00. The van der Waals surface area contributed by atoms with Gasteiger partial charge in [-0.15, -0.1) is 0 Å². The number of hydrogen-bond donors (Lipinski definition) is 1. The monoisotopic (exact) mass is 330 g/mol. The highest BCUT2D eigenvalue weighted by molar-refractivity contribution is 9.10. The summed E-state index contributed by atoms with van der Waals surface area (Å²) >= 11 is 3.38. The van der Waals surface area contributed by atoms with Gasteiger partial charge < -0.3 is 10.1 Å². The highest BCUT2D eigenvalue weighted by Gasteiger charge is 2.02. The van der Waals surface area contributed by atoms with Gasteiger partial charge in [-0.3, -0.25) is 0 Å². The third-order valence-corrected chi connectivity index (χ3v) is 3.26. The molecule has 0 spiro atoms. The van der Waals surface area contributed by atoms with Crippen LogP contribution in [0.3, 0.4) is 0 Å². The second-order valence-corrected chi connectivity index (χ2v) is 5.48. The molecule has 0 amide bonds. The molecule has 0 saturated carbocycles. The van der Waals surface area contributed by atoms with Crippen molar-refractivity contribution >= 4 is 27.3 Å². The van der Waals surface area contributed by atoms with Gasteiger partial charge in [-0.1, -0.05) is 0 Å². The van der Waals surface area contributed by atoms with Crippen molar-refractivity contribution in [2.75, 3.05) is 5.32 Å². The Morgan fingerprint density at radius 1 is 1.10 bits per heavy atom. The molecule has 0 atom stereocenters. The number of nitrogens with one attached hydrogen (secondary N) is 1. The number of benzene rings is 2. The zero-order valence-electron chi connectivity index (χ0n) is 11.4. The Kier molecular flexibility index (Phi) is 4.65. The number of ether oxygens (including phenoxy) is 1. The highest BCUT2D eigenvalue weighted by atomic mass is 79.9. The van der Waals surface area contributed by atoms with Crippen molar-refractivity contribution < 1.29 is 4.74 Å². The predicted molar refractivity (Wildman–Crippen MR) is 84.3 cm³/mol. The molecule has 0 heterocycles. The Morgan fingerprint density at radius 3 is 2.30 bits per heavy atom. The van der Waals surface area contributed by atoms with Gasteiger partial charge in [-0.2, -0.15) is 5.26 Å². The molecule has 2 rings (SSSR count). The lowest BCUT2D eigenvalue weighted by atomic mass is 10.2. The molecule has 0 saturated heterocycles. The smallest absolute Gasteiger partial charge is 0.119 e. The largest absolute Gasteiger partial charge is 0.491 e. The van der Waals surface area contributed by atoms with E-state index < -0.39 is 0 Å². The maximum absolute atomic E-state index is 8.89. The molecule has 4 heteroatoms. The highest BCUT2D eigenvalue weighted by Crippen LogP contribution is 2.25. The maximum atomic E-state index is 8.89. The molecule has 2 aromatic carbocycles. The van der Waals surface area contributed by atoms with E-state index in [0.717, 1.165) is 21.6 Å². The minimum absolute atomic E-state index is 0.170. The first-order valence-electron chi connectivity index (χ1n) is 6.32. The second kappa shape index (κ2) is 6.44. The summed E-state index contributed by atoms with van der Waals surface area (Å²) in [6, 6.07) is 15.5. The third kappa shape index (κ3) is 3.75. The molecule has 0 aliphatic rings. The Balaban J connectivity index is 2.10. The number of hydrogen-bond acceptors (Lipinski definition) is 3. The van der Waals surface area contributed by atoms with Crippen molar-refractivity contribution in [2.45, 2.75) is 20.0 Å². The molecule has 1 N–H and O–H groups in total. The van der Waals surface area contributed by atoms with Crippen molar-refractivity contribution in [3.05, 3.63) is 52.5 Å². The average Bonchev–Trinajstić information content (AvgIpc) is 2.41. The number of halogens is 1. The molecular formula is C16H15BrN2O. The molecule has 3 nitrogen and oxygen atoms in total. The quantitative estimate of drug-likeness (QED) is 0.871. The molecule has 0 unspecified atom stereocenters. The van der Waals surface area contributed by atoms with E-state index in [1.54, 1.807) is 6.07 Å². The van der Waals surface area contributed by atoms with Crippen molar-refractivity contribution in [1.82, 2.24) is 0 Å². The molecule has 0 fully saturated rings. The summed E-state index contributed by atoms with van der Waals surface area (Å²) in [7, 11) is 0. The minimum Gasteiger partial charge on any atom is -0.491 e. The lowest BCUT2D eigenvalue weighted by Gasteiger charge is -2.11. The Hall–Kier alpha value is -1.99. The SMILES string of the molecule is CC(C)Oc1ccc(Nc2ccc(C#N)c(Br)c2)cc1. The van der Waals surface area contributed by atoms with Crippen molar-refractivity contribution in [3.8, 4) is 11.8 Å². The van der Waals surface area contributed by atoms with Crippen molar-refractivity contribution in [2.24, 2.45) is 0 Å².